The number of morpholine rings is 1. The molecule has 1 aliphatic heterocycles. The number of rotatable bonds is 3. The van der Waals surface area contributed by atoms with Crippen molar-refractivity contribution < 1.29 is 9.15 Å². The highest BCUT2D eigenvalue weighted by Crippen LogP contribution is 2.25. The van der Waals surface area contributed by atoms with Crippen LogP contribution in [0.1, 0.15) is 28.6 Å². The standard InChI is InChI=1S/C17H19N5O3/c1-10-5-13-12(7-16(23)25-14(13)6-11(10)2)8-22-3-4-24-15(9-22)17-18-20-21-19-17/h5-7,15H,3-4,8-9H2,1-2H3,(H,18,19,20,21). The van der Waals surface area contributed by atoms with Gasteiger partial charge in [-0.2, -0.15) is 5.21 Å². The highest BCUT2D eigenvalue weighted by Gasteiger charge is 2.25. The van der Waals surface area contributed by atoms with Crippen molar-refractivity contribution in [2.24, 2.45) is 0 Å². The summed E-state index contributed by atoms with van der Waals surface area (Å²) in [5, 5.41) is 15.0. The highest BCUT2D eigenvalue weighted by molar-refractivity contribution is 5.81. The Hall–Kier alpha value is -2.58. The van der Waals surface area contributed by atoms with Crippen molar-refractivity contribution in [3.8, 4) is 0 Å². The number of aromatic amines is 1. The maximum absolute atomic E-state index is 12.0. The van der Waals surface area contributed by atoms with Gasteiger partial charge in [-0.3, -0.25) is 4.90 Å². The van der Waals surface area contributed by atoms with E-state index in [0.717, 1.165) is 23.1 Å². The van der Waals surface area contributed by atoms with Gasteiger partial charge in [0.2, 0.25) is 5.82 Å². The van der Waals surface area contributed by atoms with Crippen LogP contribution in [0, 0.1) is 13.8 Å². The largest absolute Gasteiger partial charge is 0.423 e. The molecule has 1 aliphatic rings. The maximum Gasteiger partial charge on any atom is 0.336 e. The van der Waals surface area contributed by atoms with E-state index in [4.69, 9.17) is 9.15 Å². The average Bonchev–Trinajstić information content (AvgIpc) is 3.11. The fourth-order valence-corrected chi connectivity index (χ4v) is 3.16. The number of tetrazole rings is 1. The summed E-state index contributed by atoms with van der Waals surface area (Å²) in [7, 11) is 0. The lowest BCUT2D eigenvalue weighted by Gasteiger charge is -2.31. The Morgan fingerprint density at radius 1 is 1.28 bits per heavy atom. The van der Waals surface area contributed by atoms with Crippen LogP contribution in [-0.2, 0) is 11.3 Å². The molecule has 0 aliphatic carbocycles. The topological polar surface area (TPSA) is 97.1 Å². The summed E-state index contributed by atoms with van der Waals surface area (Å²) in [5.41, 5.74) is 3.55. The summed E-state index contributed by atoms with van der Waals surface area (Å²) in [6, 6.07) is 5.59. The number of nitrogens with one attached hydrogen (secondary N) is 1. The van der Waals surface area contributed by atoms with E-state index in [9.17, 15) is 4.79 Å². The van der Waals surface area contributed by atoms with Crippen LogP contribution in [0.15, 0.2) is 27.4 Å². The van der Waals surface area contributed by atoms with Gasteiger partial charge in [0.1, 0.15) is 11.7 Å². The van der Waals surface area contributed by atoms with E-state index in [0.29, 0.717) is 31.1 Å². The van der Waals surface area contributed by atoms with Crippen molar-refractivity contribution in [2.45, 2.75) is 26.5 Å². The first-order valence-electron chi connectivity index (χ1n) is 8.21. The molecule has 1 fully saturated rings. The van der Waals surface area contributed by atoms with E-state index in [1.807, 2.05) is 13.0 Å². The van der Waals surface area contributed by atoms with Crippen molar-refractivity contribution in [3.05, 3.63) is 51.1 Å². The van der Waals surface area contributed by atoms with Crippen LogP contribution in [0.3, 0.4) is 0 Å². The minimum atomic E-state index is -0.325. The van der Waals surface area contributed by atoms with Crippen LogP contribution in [0.25, 0.3) is 11.0 Å². The lowest BCUT2D eigenvalue weighted by Crippen LogP contribution is -2.38. The summed E-state index contributed by atoms with van der Waals surface area (Å²) in [6.07, 6.45) is -0.220. The van der Waals surface area contributed by atoms with E-state index in [1.54, 1.807) is 6.07 Å². The Morgan fingerprint density at radius 3 is 2.92 bits per heavy atom. The molecule has 0 amide bonds. The van der Waals surface area contributed by atoms with E-state index in [2.05, 4.69) is 38.5 Å². The van der Waals surface area contributed by atoms with Crippen LogP contribution in [0.2, 0.25) is 0 Å². The van der Waals surface area contributed by atoms with Gasteiger partial charge in [0.05, 0.1) is 6.61 Å². The van der Waals surface area contributed by atoms with Crippen molar-refractivity contribution in [2.75, 3.05) is 19.7 Å². The van der Waals surface area contributed by atoms with Gasteiger partial charge < -0.3 is 9.15 Å². The molecule has 0 spiro atoms. The first-order valence-corrected chi connectivity index (χ1v) is 8.21. The molecule has 0 saturated carbocycles. The van der Waals surface area contributed by atoms with Crippen LogP contribution < -0.4 is 5.63 Å². The third-order valence-corrected chi connectivity index (χ3v) is 4.64. The monoisotopic (exact) mass is 341 g/mol. The molecule has 130 valence electrons. The highest BCUT2D eigenvalue weighted by atomic mass is 16.5. The number of aryl methyl sites for hydroxylation is 2. The molecule has 4 rings (SSSR count). The van der Waals surface area contributed by atoms with Crippen LogP contribution in [-0.4, -0.2) is 45.2 Å². The average molecular weight is 341 g/mol. The smallest absolute Gasteiger partial charge is 0.336 e. The quantitative estimate of drug-likeness (QED) is 0.721. The molecule has 1 N–H and O–H groups in total. The number of benzene rings is 1. The Kier molecular flexibility index (Phi) is 4.06. The van der Waals surface area contributed by atoms with E-state index in [-0.39, 0.29) is 11.7 Å². The van der Waals surface area contributed by atoms with Gasteiger partial charge in [-0.25, -0.2) is 4.79 Å². The fraction of sp³-hybridized carbons (Fsp3) is 0.412. The maximum atomic E-state index is 12.0. The zero-order valence-electron chi connectivity index (χ0n) is 14.2. The van der Waals surface area contributed by atoms with E-state index in [1.165, 1.54) is 5.56 Å². The molecule has 25 heavy (non-hydrogen) atoms. The zero-order chi connectivity index (χ0) is 17.4. The molecule has 1 unspecified atom stereocenters. The normalized spacial score (nSPS) is 18.7. The van der Waals surface area contributed by atoms with Gasteiger partial charge >= 0.3 is 5.63 Å². The molecule has 3 heterocycles. The number of aromatic nitrogens is 4. The molecule has 0 bridgehead atoms. The molecule has 1 saturated heterocycles. The summed E-state index contributed by atoms with van der Waals surface area (Å²) >= 11 is 0. The Morgan fingerprint density at radius 2 is 2.12 bits per heavy atom. The van der Waals surface area contributed by atoms with Gasteiger partial charge in [-0.15, -0.1) is 10.2 Å². The zero-order valence-corrected chi connectivity index (χ0v) is 14.2. The molecule has 0 radical (unpaired) electrons. The van der Waals surface area contributed by atoms with Gasteiger partial charge in [0, 0.05) is 31.1 Å². The summed E-state index contributed by atoms with van der Waals surface area (Å²) in [5.74, 6) is 0.550. The summed E-state index contributed by atoms with van der Waals surface area (Å²) in [6.45, 7) is 6.72. The molecular formula is C17H19N5O3. The van der Waals surface area contributed by atoms with Crippen molar-refractivity contribution in [1.29, 1.82) is 0 Å². The molecule has 2 aromatic heterocycles. The Bertz CT molecular complexity index is 951. The second-order valence-corrected chi connectivity index (χ2v) is 6.39. The first kappa shape index (κ1) is 15.9. The van der Waals surface area contributed by atoms with Crippen molar-refractivity contribution in [3.63, 3.8) is 0 Å². The van der Waals surface area contributed by atoms with Crippen molar-refractivity contribution in [1.82, 2.24) is 25.5 Å². The molecular weight excluding hydrogens is 322 g/mol. The van der Waals surface area contributed by atoms with Gasteiger partial charge in [0.15, 0.2) is 0 Å². The van der Waals surface area contributed by atoms with Crippen LogP contribution in [0.4, 0.5) is 0 Å². The fourth-order valence-electron chi connectivity index (χ4n) is 3.16. The van der Waals surface area contributed by atoms with E-state index < -0.39 is 0 Å². The SMILES string of the molecule is Cc1cc2oc(=O)cc(CN3CCOC(c4nn[nH]n4)C3)c2cc1C. The second kappa shape index (κ2) is 6.38. The number of hydrogen-bond acceptors (Lipinski definition) is 7. The minimum absolute atomic E-state index is 0.220. The molecule has 1 aromatic carbocycles. The lowest BCUT2D eigenvalue weighted by molar-refractivity contribution is -0.0371. The third-order valence-electron chi connectivity index (χ3n) is 4.64. The summed E-state index contributed by atoms with van der Waals surface area (Å²) < 4.78 is 11.1. The van der Waals surface area contributed by atoms with Crippen LogP contribution >= 0.6 is 0 Å². The lowest BCUT2D eigenvalue weighted by atomic mass is 10.0. The van der Waals surface area contributed by atoms with Gasteiger partial charge in [-0.05, 0) is 42.7 Å². The number of hydrogen-bond donors (Lipinski definition) is 1. The molecule has 3 aromatic rings. The third kappa shape index (κ3) is 3.18. The Balaban J connectivity index is 1.64. The predicted octanol–water partition coefficient (Wildman–Crippen LogP) is 1.50. The Labute approximate surface area is 143 Å². The molecule has 8 heteroatoms. The second-order valence-electron chi connectivity index (χ2n) is 6.39. The van der Waals surface area contributed by atoms with Crippen LogP contribution in [0.5, 0.6) is 0 Å². The van der Waals surface area contributed by atoms with Gasteiger partial charge in [0.25, 0.3) is 0 Å². The van der Waals surface area contributed by atoms with Gasteiger partial charge in [-0.1, -0.05) is 5.21 Å². The van der Waals surface area contributed by atoms with E-state index >= 15 is 0 Å². The number of fused-ring (bicyclic) bond motifs is 1. The molecule has 8 nitrogen and oxygen atoms in total. The minimum Gasteiger partial charge on any atom is -0.423 e. The number of H-pyrrole nitrogens is 1. The number of ether oxygens (including phenoxy) is 1. The molecule has 1 atom stereocenters. The first-order chi connectivity index (χ1) is 12.1. The summed E-state index contributed by atoms with van der Waals surface area (Å²) in [4.78, 5) is 14.2. The number of nitrogens with zero attached hydrogens (tertiary/aromatic N) is 4. The van der Waals surface area contributed by atoms with Crippen molar-refractivity contribution >= 4 is 11.0 Å². The predicted molar refractivity (Wildman–Crippen MR) is 90.1 cm³/mol.